The van der Waals surface area contributed by atoms with Crippen LogP contribution in [0.15, 0.2) is 72.9 Å². The zero-order valence-corrected chi connectivity index (χ0v) is 43.4. The molecule has 1 unspecified atom stereocenters. The van der Waals surface area contributed by atoms with E-state index >= 15 is 0 Å². The van der Waals surface area contributed by atoms with Crippen LogP contribution < -0.4 is 0 Å². The van der Waals surface area contributed by atoms with Crippen molar-refractivity contribution in [3.8, 4) is 0 Å². The Morgan fingerprint density at radius 1 is 0.318 bits per heavy atom. The van der Waals surface area contributed by atoms with Crippen LogP contribution in [-0.2, 0) is 28.6 Å². The summed E-state index contributed by atoms with van der Waals surface area (Å²) < 4.78 is 16.8. The summed E-state index contributed by atoms with van der Waals surface area (Å²) in [6.45, 7) is 6.48. The molecule has 0 aromatic carbocycles. The summed E-state index contributed by atoms with van der Waals surface area (Å²) in [4.78, 5) is 38.0. The largest absolute Gasteiger partial charge is 0.462 e. The van der Waals surface area contributed by atoms with Gasteiger partial charge in [0.05, 0.1) is 0 Å². The fourth-order valence-corrected chi connectivity index (χ4v) is 7.77. The first-order valence-electron chi connectivity index (χ1n) is 27.9. The van der Waals surface area contributed by atoms with Gasteiger partial charge >= 0.3 is 17.9 Å². The van der Waals surface area contributed by atoms with Crippen molar-refractivity contribution in [3.63, 3.8) is 0 Å². The van der Waals surface area contributed by atoms with Gasteiger partial charge in [0, 0.05) is 19.3 Å². The van der Waals surface area contributed by atoms with Crippen LogP contribution in [-0.4, -0.2) is 37.2 Å². The highest BCUT2D eigenvalue weighted by Gasteiger charge is 2.19. The van der Waals surface area contributed by atoms with Gasteiger partial charge in [-0.2, -0.15) is 0 Å². The Labute approximate surface area is 408 Å². The Morgan fingerprint density at radius 3 is 0.985 bits per heavy atom. The third kappa shape index (κ3) is 51.8. The molecule has 0 fully saturated rings. The van der Waals surface area contributed by atoms with E-state index in [4.69, 9.17) is 14.2 Å². The summed E-state index contributed by atoms with van der Waals surface area (Å²) in [6, 6.07) is 0. The second-order valence-electron chi connectivity index (χ2n) is 18.5. The molecule has 0 rings (SSSR count). The number of ether oxygens (including phenoxy) is 3. The second kappa shape index (κ2) is 54.5. The highest BCUT2D eigenvalue weighted by Crippen LogP contribution is 2.15. The molecule has 0 N–H and O–H groups in total. The number of hydrogen-bond acceptors (Lipinski definition) is 6. The van der Waals surface area contributed by atoms with Crippen LogP contribution in [0.4, 0.5) is 0 Å². The molecule has 380 valence electrons. The third-order valence-electron chi connectivity index (χ3n) is 11.9. The molecular weight excluding hydrogens is 817 g/mol. The van der Waals surface area contributed by atoms with Gasteiger partial charge in [0.15, 0.2) is 6.10 Å². The molecule has 0 radical (unpaired) electrons. The van der Waals surface area contributed by atoms with Crippen LogP contribution in [0.5, 0.6) is 0 Å². The predicted molar refractivity (Wildman–Crippen MR) is 284 cm³/mol. The molecular formula is C60H104O6. The first kappa shape index (κ1) is 62.8. The third-order valence-corrected chi connectivity index (χ3v) is 11.9. The molecule has 0 spiro atoms. The standard InChI is InChI=1S/C60H104O6/c1-4-7-10-13-16-19-22-24-26-28-29-30-31-33-34-36-38-41-44-47-50-53-59(62)65-56-57(55-64-58(61)52-49-46-43-40-21-18-15-12-9-6-3)66-60(63)54-51-48-45-42-39-37-35-32-27-25-23-20-17-14-11-8-5-2/h8,11,17,20,25,27-29,35,37,42,45,57H,4-7,9-10,12-16,18-19,21-24,26,30-34,36,38-41,43-44,46-56H2,1-3H3/b11-8-,20-17-,27-25-,29-28-,37-35-,45-42-. The van der Waals surface area contributed by atoms with Gasteiger partial charge in [-0.25, -0.2) is 0 Å². The van der Waals surface area contributed by atoms with Crippen molar-refractivity contribution in [2.45, 2.75) is 277 Å². The summed E-state index contributed by atoms with van der Waals surface area (Å²) in [5, 5.41) is 0. The number of unbranched alkanes of at least 4 members (excludes halogenated alkanes) is 27. The Morgan fingerprint density at radius 2 is 0.606 bits per heavy atom. The molecule has 66 heavy (non-hydrogen) atoms. The quantitative estimate of drug-likeness (QED) is 0.0262. The van der Waals surface area contributed by atoms with Crippen LogP contribution in [0, 0.1) is 0 Å². The zero-order valence-electron chi connectivity index (χ0n) is 43.4. The summed E-state index contributed by atoms with van der Waals surface area (Å²) in [5.41, 5.74) is 0. The van der Waals surface area contributed by atoms with Crippen molar-refractivity contribution in [2.24, 2.45) is 0 Å². The minimum absolute atomic E-state index is 0.0968. The molecule has 0 bridgehead atoms. The lowest BCUT2D eigenvalue weighted by Gasteiger charge is -2.18. The fraction of sp³-hybridized carbons (Fsp3) is 0.750. The minimum Gasteiger partial charge on any atom is -0.462 e. The summed E-state index contributed by atoms with van der Waals surface area (Å²) in [5.74, 6) is -0.953. The maximum Gasteiger partial charge on any atom is 0.306 e. The van der Waals surface area contributed by atoms with Crippen LogP contribution >= 0.6 is 0 Å². The van der Waals surface area contributed by atoms with Gasteiger partial charge in [0.2, 0.25) is 0 Å². The molecule has 6 nitrogen and oxygen atoms in total. The van der Waals surface area contributed by atoms with E-state index < -0.39 is 6.10 Å². The maximum absolute atomic E-state index is 12.8. The van der Waals surface area contributed by atoms with Crippen molar-refractivity contribution in [2.75, 3.05) is 13.2 Å². The van der Waals surface area contributed by atoms with E-state index in [1.54, 1.807) is 0 Å². The van der Waals surface area contributed by atoms with Crippen LogP contribution in [0.2, 0.25) is 0 Å². The first-order valence-corrected chi connectivity index (χ1v) is 27.9. The van der Waals surface area contributed by atoms with Gasteiger partial charge in [-0.3, -0.25) is 14.4 Å². The smallest absolute Gasteiger partial charge is 0.306 e. The molecule has 0 amide bonds. The summed E-state index contributed by atoms with van der Waals surface area (Å²) in [6.07, 6.45) is 69.0. The monoisotopic (exact) mass is 921 g/mol. The van der Waals surface area contributed by atoms with E-state index in [9.17, 15) is 14.4 Å². The van der Waals surface area contributed by atoms with Crippen LogP contribution in [0.1, 0.15) is 271 Å². The molecule has 0 saturated carbocycles. The molecule has 0 aromatic heterocycles. The minimum atomic E-state index is -0.803. The predicted octanol–water partition coefficient (Wildman–Crippen LogP) is 18.6. The Bertz CT molecular complexity index is 1240. The fourth-order valence-electron chi connectivity index (χ4n) is 7.77. The number of rotatable bonds is 50. The van der Waals surface area contributed by atoms with Crippen LogP contribution in [0.25, 0.3) is 0 Å². The Hall–Kier alpha value is -3.15. The number of carbonyl (C=O) groups is 3. The molecule has 0 saturated heterocycles. The highest BCUT2D eigenvalue weighted by molar-refractivity contribution is 5.71. The molecule has 0 aliphatic rings. The van der Waals surface area contributed by atoms with Crippen molar-refractivity contribution in [1.29, 1.82) is 0 Å². The lowest BCUT2D eigenvalue weighted by atomic mass is 10.1. The van der Waals surface area contributed by atoms with Crippen molar-refractivity contribution in [3.05, 3.63) is 72.9 Å². The van der Waals surface area contributed by atoms with Crippen molar-refractivity contribution in [1.82, 2.24) is 0 Å². The normalized spacial score (nSPS) is 12.6. The maximum atomic E-state index is 12.8. The molecule has 0 aliphatic carbocycles. The topological polar surface area (TPSA) is 78.9 Å². The molecule has 0 heterocycles. The summed E-state index contributed by atoms with van der Waals surface area (Å²) in [7, 11) is 0. The number of carbonyl (C=O) groups excluding carboxylic acids is 3. The lowest BCUT2D eigenvalue weighted by Crippen LogP contribution is -2.30. The van der Waals surface area contributed by atoms with Gasteiger partial charge < -0.3 is 14.2 Å². The SMILES string of the molecule is CC/C=C\C/C=C\C/C=C\C/C=C\C/C=C\CCCC(=O)OC(COC(=O)CCCCCCCCCCCC)COC(=O)CCCCCCCCCCC/C=C\CCCCCCCCCC. The number of allylic oxidation sites excluding steroid dienone is 12. The van der Waals surface area contributed by atoms with E-state index in [2.05, 4.69) is 93.7 Å². The van der Waals surface area contributed by atoms with Gasteiger partial charge in [0.25, 0.3) is 0 Å². The summed E-state index contributed by atoms with van der Waals surface area (Å²) >= 11 is 0. The van der Waals surface area contributed by atoms with Gasteiger partial charge in [-0.15, -0.1) is 0 Å². The lowest BCUT2D eigenvalue weighted by molar-refractivity contribution is -0.167. The number of hydrogen-bond donors (Lipinski definition) is 0. The van der Waals surface area contributed by atoms with E-state index in [0.29, 0.717) is 19.3 Å². The number of esters is 3. The average Bonchev–Trinajstić information content (AvgIpc) is 3.31. The zero-order chi connectivity index (χ0) is 47.9. The molecule has 0 aliphatic heterocycles. The van der Waals surface area contributed by atoms with E-state index in [0.717, 1.165) is 77.0 Å². The van der Waals surface area contributed by atoms with Crippen molar-refractivity contribution >= 4 is 17.9 Å². The van der Waals surface area contributed by atoms with Gasteiger partial charge in [-0.1, -0.05) is 241 Å². The van der Waals surface area contributed by atoms with E-state index in [1.807, 2.05) is 0 Å². The Balaban J connectivity index is 4.37. The second-order valence-corrected chi connectivity index (χ2v) is 18.5. The molecule has 0 aromatic rings. The molecule has 1 atom stereocenters. The van der Waals surface area contributed by atoms with Gasteiger partial charge in [-0.05, 0) is 83.5 Å². The average molecular weight is 921 g/mol. The highest BCUT2D eigenvalue weighted by atomic mass is 16.6. The van der Waals surface area contributed by atoms with E-state index in [1.165, 1.54) is 148 Å². The van der Waals surface area contributed by atoms with Gasteiger partial charge in [0.1, 0.15) is 13.2 Å². The Kier molecular flexibility index (Phi) is 51.9. The van der Waals surface area contributed by atoms with Crippen molar-refractivity contribution < 1.29 is 28.6 Å². The molecule has 6 heteroatoms. The van der Waals surface area contributed by atoms with E-state index in [-0.39, 0.29) is 37.5 Å². The van der Waals surface area contributed by atoms with Crippen LogP contribution in [0.3, 0.4) is 0 Å². The first-order chi connectivity index (χ1) is 32.5.